The number of amides is 1. The number of anilines is 1. The van der Waals surface area contributed by atoms with Gasteiger partial charge in [0.25, 0.3) is 5.56 Å². The summed E-state index contributed by atoms with van der Waals surface area (Å²) in [5, 5.41) is 0. The molecular formula is C16H20N6O4. The van der Waals surface area contributed by atoms with Crippen LogP contribution in [0.4, 0.5) is 5.95 Å². The van der Waals surface area contributed by atoms with E-state index in [1.54, 1.807) is 24.3 Å². The molecule has 3 rings (SSSR count). The summed E-state index contributed by atoms with van der Waals surface area (Å²) in [5.41, 5.74) is -0.959. The Bertz CT molecular complexity index is 885. The molecule has 138 valence electrons. The van der Waals surface area contributed by atoms with E-state index >= 15 is 0 Å². The average molecular weight is 360 g/mol. The van der Waals surface area contributed by atoms with Crippen molar-refractivity contribution in [2.24, 2.45) is 0 Å². The van der Waals surface area contributed by atoms with Crippen LogP contribution in [0, 0.1) is 0 Å². The summed E-state index contributed by atoms with van der Waals surface area (Å²) in [6.45, 7) is 2.59. The zero-order valence-electron chi connectivity index (χ0n) is 14.4. The molecule has 1 aliphatic heterocycles. The average Bonchev–Trinajstić information content (AvgIpc) is 2.67. The van der Waals surface area contributed by atoms with Gasteiger partial charge in [0, 0.05) is 63.7 Å². The number of rotatable bonds is 5. The van der Waals surface area contributed by atoms with Crippen LogP contribution in [0.1, 0.15) is 6.42 Å². The maximum Gasteiger partial charge on any atom is 0.328 e. The number of aromatic amines is 1. The number of ether oxygens (including phenoxy) is 1. The summed E-state index contributed by atoms with van der Waals surface area (Å²) in [6, 6.07) is 2.95. The second kappa shape index (κ2) is 7.81. The Morgan fingerprint density at radius 1 is 1.23 bits per heavy atom. The Morgan fingerprint density at radius 3 is 2.69 bits per heavy atom. The molecule has 0 bridgehead atoms. The minimum Gasteiger partial charge on any atom is -0.481 e. The van der Waals surface area contributed by atoms with Crippen molar-refractivity contribution in [1.82, 2.24) is 24.4 Å². The number of aromatic nitrogens is 4. The first-order chi connectivity index (χ1) is 12.6. The molecule has 2 aromatic heterocycles. The number of carbonyl (C=O) groups is 1. The maximum absolute atomic E-state index is 12.4. The quantitative estimate of drug-likeness (QED) is 0.733. The molecule has 10 nitrogen and oxygen atoms in total. The van der Waals surface area contributed by atoms with Crippen LogP contribution >= 0.6 is 0 Å². The van der Waals surface area contributed by atoms with Gasteiger partial charge in [-0.15, -0.1) is 0 Å². The molecule has 0 radical (unpaired) electrons. The summed E-state index contributed by atoms with van der Waals surface area (Å²) in [7, 11) is 1.55. The first-order valence-corrected chi connectivity index (χ1v) is 8.26. The predicted molar refractivity (Wildman–Crippen MR) is 93.3 cm³/mol. The van der Waals surface area contributed by atoms with Gasteiger partial charge in [-0.1, -0.05) is 0 Å². The Balaban J connectivity index is 1.53. The number of aryl methyl sites for hydroxylation is 1. The van der Waals surface area contributed by atoms with Crippen LogP contribution in [-0.4, -0.2) is 63.6 Å². The van der Waals surface area contributed by atoms with Crippen LogP contribution < -0.4 is 20.9 Å². The number of nitrogens with one attached hydrogen (secondary N) is 1. The molecule has 26 heavy (non-hydrogen) atoms. The van der Waals surface area contributed by atoms with Crippen LogP contribution in [-0.2, 0) is 11.3 Å². The molecule has 0 spiro atoms. The fraction of sp³-hybridized carbons (Fsp3) is 0.438. The molecule has 0 aliphatic carbocycles. The van der Waals surface area contributed by atoms with Crippen LogP contribution in [0.25, 0.3) is 0 Å². The molecular weight excluding hydrogens is 340 g/mol. The zero-order chi connectivity index (χ0) is 18.5. The highest BCUT2D eigenvalue weighted by molar-refractivity contribution is 5.76. The number of hydrogen-bond acceptors (Lipinski definition) is 7. The smallest absolute Gasteiger partial charge is 0.328 e. The lowest BCUT2D eigenvalue weighted by molar-refractivity contribution is -0.131. The number of methoxy groups -OCH3 is 1. The highest BCUT2D eigenvalue weighted by Crippen LogP contribution is 2.14. The number of carbonyl (C=O) groups excluding carboxylic acids is 1. The molecule has 1 fully saturated rings. The number of piperazine rings is 1. The van der Waals surface area contributed by atoms with Gasteiger partial charge in [0.2, 0.25) is 17.7 Å². The predicted octanol–water partition coefficient (Wildman–Crippen LogP) is -0.926. The fourth-order valence-electron chi connectivity index (χ4n) is 2.75. The van der Waals surface area contributed by atoms with E-state index in [-0.39, 0.29) is 18.9 Å². The monoisotopic (exact) mass is 360 g/mol. The first-order valence-electron chi connectivity index (χ1n) is 8.26. The fourth-order valence-corrected chi connectivity index (χ4v) is 2.75. The van der Waals surface area contributed by atoms with Gasteiger partial charge in [-0.3, -0.25) is 14.6 Å². The molecule has 0 saturated carbocycles. The van der Waals surface area contributed by atoms with Crippen LogP contribution in [0.15, 0.2) is 34.1 Å². The van der Waals surface area contributed by atoms with Gasteiger partial charge in [0.05, 0.1) is 7.11 Å². The van der Waals surface area contributed by atoms with Gasteiger partial charge in [-0.05, 0) is 0 Å². The molecule has 0 aromatic carbocycles. The van der Waals surface area contributed by atoms with Gasteiger partial charge in [0.1, 0.15) is 0 Å². The summed E-state index contributed by atoms with van der Waals surface area (Å²) in [5.74, 6) is 1.05. The molecule has 0 atom stereocenters. The van der Waals surface area contributed by atoms with Gasteiger partial charge in [-0.2, -0.15) is 4.98 Å². The van der Waals surface area contributed by atoms with E-state index in [1.165, 1.54) is 16.8 Å². The van der Waals surface area contributed by atoms with E-state index in [2.05, 4.69) is 15.0 Å². The SMILES string of the molecule is COc1ccnc(N2CCN(C(=O)CCn3ccc(=O)[nH]c3=O)CC2)n1. The first kappa shape index (κ1) is 17.6. The van der Waals surface area contributed by atoms with Crippen molar-refractivity contribution < 1.29 is 9.53 Å². The third-order valence-corrected chi connectivity index (χ3v) is 4.21. The van der Waals surface area contributed by atoms with Gasteiger partial charge >= 0.3 is 5.69 Å². The standard InChI is InChI=1S/C16H20N6O4/c1-26-13-2-5-17-15(19-13)21-10-8-20(9-11-21)14(24)4-7-22-6-3-12(23)18-16(22)25/h2-3,5-6H,4,7-11H2,1H3,(H,18,23,25). The number of nitrogens with zero attached hydrogens (tertiary/aromatic N) is 5. The molecule has 0 unspecified atom stereocenters. The Hall–Kier alpha value is -3.17. The molecule has 3 heterocycles. The normalized spacial score (nSPS) is 14.3. The lowest BCUT2D eigenvalue weighted by Crippen LogP contribution is -2.49. The van der Waals surface area contributed by atoms with Gasteiger partial charge in [0.15, 0.2) is 0 Å². The van der Waals surface area contributed by atoms with Gasteiger partial charge in [-0.25, -0.2) is 9.78 Å². The van der Waals surface area contributed by atoms with E-state index in [9.17, 15) is 14.4 Å². The van der Waals surface area contributed by atoms with Crippen LogP contribution in [0.3, 0.4) is 0 Å². The van der Waals surface area contributed by atoms with E-state index < -0.39 is 11.2 Å². The Morgan fingerprint density at radius 2 is 2.00 bits per heavy atom. The molecule has 2 aromatic rings. The van der Waals surface area contributed by atoms with Crippen molar-refractivity contribution in [3.63, 3.8) is 0 Å². The molecule has 1 amide bonds. The number of hydrogen-bond donors (Lipinski definition) is 1. The minimum atomic E-state index is -0.509. The van der Waals surface area contributed by atoms with E-state index in [1.807, 2.05) is 4.90 Å². The van der Waals surface area contributed by atoms with Crippen LogP contribution in [0.2, 0.25) is 0 Å². The van der Waals surface area contributed by atoms with E-state index in [0.29, 0.717) is 38.0 Å². The molecule has 1 saturated heterocycles. The summed E-state index contributed by atoms with van der Waals surface area (Å²) >= 11 is 0. The maximum atomic E-state index is 12.4. The van der Waals surface area contributed by atoms with Gasteiger partial charge < -0.3 is 19.1 Å². The molecule has 1 N–H and O–H groups in total. The third kappa shape index (κ3) is 4.08. The van der Waals surface area contributed by atoms with Crippen molar-refractivity contribution in [2.45, 2.75) is 13.0 Å². The summed E-state index contributed by atoms with van der Waals surface area (Å²) in [4.78, 5) is 49.5. The minimum absolute atomic E-state index is 0.0330. The summed E-state index contributed by atoms with van der Waals surface area (Å²) < 4.78 is 6.42. The lowest BCUT2D eigenvalue weighted by Gasteiger charge is -2.34. The van der Waals surface area contributed by atoms with Crippen LogP contribution in [0.5, 0.6) is 5.88 Å². The topological polar surface area (TPSA) is 113 Å². The Labute approximate surface area is 149 Å². The van der Waals surface area contributed by atoms with E-state index in [4.69, 9.17) is 4.74 Å². The second-order valence-electron chi connectivity index (χ2n) is 5.82. The third-order valence-electron chi connectivity index (χ3n) is 4.21. The molecule has 10 heteroatoms. The largest absolute Gasteiger partial charge is 0.481 e. The second-order valence-corrected chi connectivity index (χ2v) is 5.82. The van der Waals surface area contributed by atoms with Crippen molar-refractivity contribution in [3.8, 4) is 5.88 Å². The highest BCUT2D eigenvalue weighted by atomic mass is 16.5. The van der Waals surface area contributed by atoms with Crippen molar-refractivity contribution >= 4 is 11.9 Å². The van der Waals surface area contributed by atoms with Crippen molar-refractivity contribution in [2.75, 3.05) is 38.2 Å². The summed E-state index contributed by atoms with van der Waals surface area (Å²) in [6.07, 6.45) is 3.23. The van der Waals surface area contributed by atoms with E-state index in [0.717, 1.165) is 0 Å². The zero-order valence-corrected chi connectivity index (χ0v) is 14.4. The Kier molecular flexibility index (Phi) is 5.30. The van der Waals surface area contributed by atoms with Crippen molar-refractivity contribution in [3.05, 3.63) is 45.4 Å². The lowest BCUT2D eigenvalue weighted by atomic mass is 10.3. The highest BCUT2D eigenvalue weighted by Gasteiger charge is 2.22. The number of H-pyrrole nitrogens is 1. The molecule has 1 aliphatic rings. The van der Waals surface area contributed by atoms with Crippen molar-refractivity contribution in [1.29, 1.82) is 0 Å².